The minimum absolute atomic E-state index is 0.0489. The fourth-order valence-corrected chi connectivity index (χ4v) is 1.26. The summed E-state index contributed by atoms with van der Waals surface area (Å²) in [4.78, 5) is 14.6. The summed E-state index contributed by atoms with van der Waals surface area (Å²) in [5.74, 6) is -0.689. The van der Waals surface area contributed by atoms with E-state index in [1.807, 2.05) is 0 Å². The molecule has 0 radical (unpaired) electrons. The highest BCUT2D eigenvalue weighted by Gasteiger charge is 2.16. The first-order valence-electron chi connectivity index (χ1n) is 4.01. The molecule has 6 heteroatoms. The Morgan fingerprint density at radius 3 is 2.80 bits per heavy atom. The molecule has 0 aliphatic heterocycles. The monoisotopic (exact) mass is 235 g/mol. The van der Waals surface area contributed by atoms with Crippen molar-refractivity contribution >= 4 is 17.6 Å². The Kier molecular flexibility index (Phi) is 3.96. The molecule has 0 amide bonds. The van der Waals surface area contributed by atoms with Crippen LogP contribution in [0.2, 0.25) is 0 Å². The van der Waals surface area contributed by atoms with Crippen LogP contribution in [0.4, 0.5) is 8.78 Å². The van der Waals surface area contributed by atoms with Gasteiger partial charge in [-0.05, 0) is 11.6 Å². The minimum atomic E-state index is -2.68. The second-order valence-corrected chi connectivity index (χ2v) is 2.96. The average Bonchev–Trinajstić information content (AvgIpc) is 2.27. The third kappa shape index (κ3) is 2.62. The van der Waals surface area contributed by atoms with Crippen LogP contribution in [-0.4, -0.2) is 18.1 Å². The third-order valence-corrected chi connectivity index (χ3v) is 2.07. The van der Waals surface area contributed by atoms with Crippen LogP contribution in [0, 0.1) is 0 Å². The topological polar surface area (TPSA) is 39.2 Å². The summed E-state index contributed by atoms with van der Waals surface area (Å²) in [6, 6.07) is 1.10. The molecule has 0 atom stereocenters. The molecule has 1 aromatic heterocycles. The number of hydrogen-bond acceptors (Lipinski definition) is 3. The van der Waals surface area contributed by atoms with Gasteiger partial charge in [0.2, 0.25) is 0 Å². The Balaban J connectivity index is 3.15. The average molecular weight is 236 g/mol. The van der Waals surface area contributed by atoms with E-state index < -0.39 is 18.1 Å². The Morgan fingerprint density at radius 2 is 2.33 bits per heavy atom. The van der Waals surface area contributed by atoms with E-state index in [0.717, 1.165) is 12.3 Å². The van der Waals surface area contributed by atoms with Crippen molar-refractivity contribution in [2.75, 3.05) is 7.11 Å². The van der Waals surface area contributed by atoms with E-state index in [1.54, 1.807) is 0 Å². The van der Waals surface area contributed by atoms with Gasteiger partial charge in [-0.1, -0.05) is 0 Å². The predicted molar refractivity (Wildman–Crippen MR) is 50.1 cm³/mol. The maximum atomic E-state index is 12.3. The molecule has 82 valence electrons. The molecule has 0 aliphatic rings. The van der Waals surface area contributed by atoms with Crippen LogP contribution in [0.1, 0.15) is 28.0 Å². The van der Waals surface area contributed by atoms with Gasteiger partial charge in [0.05, 0.1) is 12.7 Å². The largest absolute Gasteiger partial charge is 0.465 e. The number of rotatable bonds is 3. The molecule has 1 rings (SSSR count). The van der Waals surface area contributed by atoms with Crippen molar-refractivity contribution in [3.63, 3.8) is 0 Å². The lowest BCUT2D eigenvalue weighted by atomic mass is 10.1. The number of alkyl halides is 3. The molecule has 0 aromatic carbocycles. The maximum absolute atomic E-state index is 12.3. The SMILES string of the molecule is COC(=O)c1cnc(C(F)F)cc1CCl. The van der Waals surface area contributed by atoms with Crippen LogP contribution in [0.3, 0.4) is 0 Å². The van der Waals surface area contributed by atoms with Crippen LogP contribution >= 0.6 is 11.6 Å². The second kappa shape index (κ2) is 5.02. The summed E-state index contributed by atoms with van der Waals surface area (Å²) in [5, 5.41) is 0. The van der Waals surface area contributed by atoms with Crippen LogP contribution in [0.5, 0.6) is 0 Å². The zero-order chi connectivity index (χ0) is 11.4. The number of methoxy groups -OCH3 is 1. The zero-order valence-electron chi connectivity index (χ0n) is 7.84. The van der Waals surface area contributed by atoms with E-state index in [-0.39, 0.29) is 17.0 Å². The molecule has 0 saturated carbocycles. The number of carbonyl (C=O) groups excluding carboxylic acids is 1. The molecule has 0 unspecified atom stereocenters. The molecule has 0 spiro atoms. The molecular formula is C9H8ClF2NO2. The van der Waals surface area contributed by atoms with Crippen molar-refractivity contribution in [2.24, 2.45) is 0 Å². The van der Waals surface area contributed by atoms with Crippen LogP contribution < -0.4 is 0 Å². The smallest absolute Gasteiger partial charge is 0.339 e. The molecule has 1 aromatic rings. The Bertz CT molecular complexity index is 371. The van der Waals surface area contributed by atoms with Gasteiger partial charge in [-0.15, -0.1) is 11.6 Å². The summed E-state index contributed by atoms with van der Waals surface area (Å²) in [6.45, 7) is 0. The Labute approximate surface area is 90.0 Å². The Morgan fingerprint density at radius 1 is 1.67 bits per heavy atom. The molecular weight excluding hydrogens is 228 g/mol. The van der Waals surface area contributed by atoms with Gasteiger partial charge in [0.15, 0.2) is 0 Å². The lowest BCUT2D eigenvalue weighted by molar-refractivity contribution is 0.0598. The second-order valence-electron chi connectivity index (χ2n) is 2.69. The summed E-state index contributed by atoms with van der Waals surface area (Å²) in [6.07, 6.45) is -1.64. The van der Waals surface area contributed by atoms with Crippen molar-refractivity contribution in [3.05, 3.63) is 29.1 Å². The summed E-state index contributed by atoms with van der Waals surface area (Å²) in [5.41, 5.74) is -0.0102. The van der Waals surface area contributed by atoms with Crippen molar-refractivity contribution in [1.29, 1.82) is 0 Å². The predicted octanol–water partition coefficient (Wildman–Crippen LogP) is 2.54. The van der Waals surface area contributed by atoms with E-state index in [0.29, 0.717) is 0 Å². The summed E-state index contributed by atoms with van der Waals surface area (Å²) in [7, 11) is 1.20. The van der Waals surface area contributed by atoms with Gasteiger partial charge < -0.3 is 4.74 Å². The van der Waals surface area contributed by atoms with E-state index in [2.05, 4.69) is 9.72 Å². The van der Waals surface area contributed by atoms with Gasteiger partial charge in [0.25, 0.3) is 6.43 Å². The number of pyridine rings is 1. The van der Waals surface area contributed by atoms with E-state index >= 15 is 0 Å². The maximum Gasteiger partial charge on any atom is 0.339 e. The van der Waals surface area contributed by atoms with E-state index in [1.165, 1.54) is 7.11 Å². The minimum Gasteiger partial charge on any atom is -0.465 e. The first-order chi connectivity index (χ1) is 7.10. The van der Waals surface area contributed by atoms with Crippen LogP contribution in [0.25, 0.3) is 0 Å². The van der Waals surface area contributed by atoms with Gasteiger partial charge in [0.1, 0.15) is 5.69 Å². The van der Waals surface area contributed by atoms with Gasteiger partial charge in [-0.3, -0.25) is 4.98 Å². The zero-order valence-corrected chi connectivity index (χ0v) is 8.59. The number of halogens is 3. The van der Waals surface area contributed by atoms with Gasteiger partial charge in [0, 0.05) is 12.1 Å². The number of hydrogen-bond donors (Lipinski definition) is 0. The normalized spacial score (nSPS) is 10.5. The molecule has 0 bridgehead atoms. The van der Waals surface area contributed by atoms with Crippen LogP contribution in [0.15, 0.2) is 12.3 Å². The molecule has 0 N–H and O–H groups in total. The lowest BCUT2D eigenvalue weighted by Gasteiger charge is -2.06. The fraction of sp³-hybridized carbons (Fsp3) is 0.333. The Hall–Kier alpha value is -1.23. The number of esters is 1. The number of ether oxygens (including phenoxy) is 1. The highest BCUT2D eigenvalue weighted by Crippen LogP contribution is 2.20. The molecule has 1 heterocycles. The van der Waals surface area contributed by atoms with E-state index in [9.17, 15) is 13.6 Å². The van der Waals surface area contributed by atoms with Gasteiger partial charge >= 0.3 is 5.97 Å². The van der Waals surface area contributed by atoms with Crippen LogP contribution in [-0.2, 0) is 10.6 Å². The fourth-order valence-electron chi connectivity index (χ4n) is 1.04. The number of nitrogens with zero attached hydrogens (tertiary/aromatic N) is 1. The summed E-state index contributed by atoms with van der Waals surface area (Å²) >= 11 is 5.53. The third-order valence-electron chi connectivity index (χ3n) is 1.78. The molecule has 15 heavy (non-hydrogen) atoms. The molecule has 0 aliphatic carbocycles. The molecule has 3 nitrogen and oxygen atoms in total. The number of aromatic nitrogens is 1. The molecule has 0 fully saturated rings. The van der Waals surface area contributed by atoms with E-state index in [4.69, 9.17) is 11.6 Å². The summed E-state index contributed by atoms with van der Waals surface area (Å²) < 4.78 is 29.0. The highest BCUT2D eigenvalue weighted by atomic mass is 35.5. The highest BCUT2D eigenvalue weighted by molar-refractivity contribution is 6.17. The quantitative estimate of drug-likeness (QED) is 0.597. The van der Waals surface area contributed by atoms with Crippen molar-refractivity contribution in [3.8, 4) is 0 Å². The van der Waals surface area contributed by atoms with Crippen molar-refractivity contribution < 1.29 is 18.3 Å². The number of carbonyl (C=O) groups is 1. The van der Waals surface area contributed by atoms with Gasteiger partial charge in [-0.2, -0.15) is 0 Å². The molecule has 0 saturated heterocycles. The standard InChI is InChI=1S/C9H8ClF2NO2/c1-15-9(14)6-4-13-7(8(11)12)2-5(6)3-10/h2,4,8H,3H2,1H3. The van der Waals surface area contributed by atoms with Gasteiger partial charge in [-0.25, -0.2) is 13.6 Å². The lowest BCUT2D eigenvalue weighted by Crippen LogP contribution is -2.07. The van der Waals surface area contributed by atoms with Crippen molar-refractivity contribution in [2.45, 2.75) is 12.3 Å². The first-order valence-corrected chi connectivity index (χ1v) is 4.54. The first kappa shape index (κ1) is 11.8. The van der Waals surface area contributed by atoms with Crippen molar-refractivity contribution in [1.82, 2.24) is 4.98 Å².